The first kappa shape index (κ1) is 17.6. The van der Waals surface area contributed by atoms with Gasteiger partial charge in [-0.15, -0.1) is 0 Å². The molecule has 0 aromatic heterocycles. The molecule has 2 heterocycles. The lowest BCUT2D eigenvalue weighted by atomic mass is 10.1. The lowest BCUT2D eigenvalue weighted by Gasteiger charge is -2.29. The molecule has 142 valence electrons. The monoisotopic (exact) mass is 379 g/mol. The third-order valence-electron chi connectivity index (χ3n) is 4.82. The van der Waals surface area contributed by atoms with Crippen molar-refractivity contribution in [3.8, 4) is 0 Å². The summed E-state index contributed by atoms with van der Waals surface area (Å²) in [7, 11) is 0. The first-order chi connectivity index (χ1) is 12.9. The van der Waals surface area contributed by atoms with Crippen LogP contribution >= 0.6 is 0 Å². The van der Waals surface area contributed by atoms with E-state index in [0.29, 0.717) is 6.42 Å². The predicted molar refractivity (Wildman–Crippen MR) is 88.9 cm³/mol. The van der Waals surface area contributed by atoms with Gasteiger partial charge in [-0.25, -0.2) is 14.5 Å². The molecule has 3 unspecified atom stereocenters. The number of ether oxygens (including phenoxy) is 1. The molecule has 1 aliphatic carbocycles. The maximum atomic E-state index is 12.9. The Bertz CT molecular complexity index is 822. The van der Waals surface area contributed by atoms with Crippen molar-refractivity contribution >= 4 is 18.3 Å². The maximum Gasteiger partial charge on any atom is 0.433 e. The Labute approximate surface area is 152 Å². The Morgan fingerprint density at radius 2 is 1.96 bits per heavy atom. The second-order valence-electron chi connectivity index (χ2n) is 6.63. The number of imide groups is 1. The van der Waals surface area contributed by atoms with E-state index in [2.05, 4.69) is 4.99 Å². The lowest BCUT2D eigenvalue weighted by molar-refractivity contribution is -0.0931. The smallest absolute Gasteiger partial charge is 0.433 e. The van der Waals surface area contributed by atoms with Crippen molar-refractivity contribution in [2.24, 2.45) is 4.99 Å². The maximum absolute atomic E-state index is 12.9. The van der Waals surface area contributed by atoms with E-state index < -0.39 is 30.0 Å². The van der Waals surface area contributed by atoms with Crippen LogP contribution in [0.5, 0.6) is 0 Å². The van der Waals surface area contributed by atoms with Gasteiger partial charge in [-0.05, 0) is 18.1 Å². The topological polar surface area (TPSA) is 62.2 Å². The van der Waals surface area contributed by atoms with Gasteiger partial charge in [-0.3, -0.25) is 4.99 Å². The number of halogens is 3. The fourth-order valence-corrected chi connectivity index (χ4v) is 3.46. The number of urea groups is 1. The van der Waals surface area contributed by atoms with E-state index in [1.54, 1.807) is 24.3 Å². The summed E-state index contributed by atoms with van der Waals surface area (Å²) in [6.45, 7) is 0.0229. The van der Waals surface area contributed by atoms with Crippen LogP contribution < -0.4 is 0 Å². The Morgan fingerprint density at radius 3 is 2.67 bits per heavy atom. The van der Waals surface area contributed by atoms with Crippen molar-refractivity contribution in [3.63, 3.8) is 0 Å². The molecule has 1 saturated heterocycles. The highest BCUT2D eigenvalue weighted by molar-refractivity contribution is 5.95. The van der Waals surface area contributed by atoms with Crippen LogP contribution in [0.15, 0.2) is 47.1 Å². The summed E-state index contributed by atoms with van der Waals surface area (Å²) in [6, 6.07) is 7.01. The number of nitrogens with zero attached hydrogens (tertiary/aromatic N) is 3. The van der Waals surface area contributed by atoms with Gasteiger partial charge in [-0.1, -0.05) is 30.3 Å². The Morgan fingerprint density at radius 1 is 1.22 bits per heavy atom. The Kier molecular flexibility index (Phi) is 4.16. The largest absolute Gasteiger partial charge is 0.444 e. The molecule has 2 fully saturated rings. The normalized spacial score (nSPS) is 26.7. The zero-order valence-corrected chi connectivity index (χ0v) is 14.1. The molecule has 1 saturated carbocycles. The average molecular weight is 379 g/mol. The van der Waals surface area contributed by atoms with Crippen LogP contribution in [0.4, 0.5) is 22.8 Å². The average Bonchev–Trinajstić information content (AvgIpc) is 3.34. The summed E-state index contributed by atoms with van der Waals surface area (Å²) >= 11 is 0. The number of benzene rings is 1. The first-order valence-electron chi connectivity index (χ1n) is 8.50. The summed E-state index contributed by atoms with van der Waals surface area (Å²) in [5.41, 5.74) is -0.239. The summed E-state index contributed by atoms with van der Waals surface area (Å²) in [5, 5.41) is 0. The number of amides is 3. The van der Waals surface area contributed by atoms with Crippen LogP contribution in [-0.4, -0.2) is 52.4 Å². The van der Waals surface area contributed by atoms with Gasteiger partial charge in [0.1, 0.15) is 12.3 Å². The zero-order valence-electron chi connectivity index (χ0n) is 14.1. The van der Waals surface area contributed by atoms with Gasteiger partial charge in [-0.2, -0.15) is 13.2 Å². The molecule has 4 rings (SSSR count). The lowest BCUT2D eigenvalue weighted by Crippen LogP contribution is -2.45. The quantitative estimate of drug-likeness (QED) is 0.808. The Balaban J connectivity index is 1.45. The van der Waals surface area contributed by atoms with Crippen LogP contribution in [-0.2, 0) is 11.3 Å². The van der Waals surface area contributed by atoms with Gasteiger partial charge in [0.25, 0.3) is 0 Å². The van der Waals surface area contributed by atoms with E-state index in [1.807, 2.05) is 6.07 Å². The summed E-state index contributed by atoms with van der Waals surface area (Å²) in [6.07, 6.45) is -2.52. The molecular weight excluding hydrogens is 363 g/mol. The molecule has 1 aromatic carbocycles. The standard InChI is InChI=1S/C18H16F3N3O3/c19-18(20,21)15-8-12(6-7-22-15)23-13-9-14(13)24(16(23)25)17(26)27-10-11-4-2-1-3-5-11/h1-5,7-8,12-14H,6,9-10H2. The van der Waals surface area contributed by atoms with E-state index in [4.69, 9.17) is 4.74 Å². The number of hydrogen-bond acceptors (Lipinski definition) is 4. The van der Waals surface area contributed by atoms with Crippen LogP contribution in [0.3, 0.4) is 0 Å². The molecule has 1 aromatic rings. The van der Waals surface area contributed by atoms with E-state index in [0.717, 1.165) is 22.8 Å². The molecule has 6 nitrogen and oxygen atoms in total. The van der Waals surface area contributed by atoms with Crippen molar-refractivity contribution < 1.29 is 27.5 Å². The van der Waals surface area contributed by atoms with Crippen LogP contribution in [0.1, 0.15) is 18.4 Å². The van der Waals surface area contributed by atoms with Crippen molar-refractivity contribution in [2.45, 2.75) is 43.8 Å². The van der Waals surface area contributed by atoms with Gasteiger partial charge in [0, 0.05) is 12.6 Å². The molecule has 3 amide bonds. The van der Waals surface area contributed by atoms with E-state index in [-0.39, 0.29) is 25.1 Å². The van der Waals surface area contributed by atoms with E-state index >= 15 is 0 Å². The first-order valence-corrected chi connectivity index (χ1v) is 8.50. The third kappa shape index (κ3) is 3.29. The van der Waals surface area contributed by atoms with Gasteiger partial charge < -0.3 is 9.64 Å². The second-order valence-corrected chi connectivity index (χ2v) is 6.63. The fourth-order valence-electron chi connectivity index (χ4n) is 3.46. The van der Waals surface area contributed by atoms with Gasteiger partial charge >= 0.3 is 18.3 Å². The molecule has 9 heteroatoms. The van der Waals surface area contributed by atoms with Crippen LogP contribution in [0.25, 0.3) is 0 Å². The Hall–Kier alpha value is -2.84. The van der Waals surface area contributed by atoms with Crippen LogP contribution in [0.2, 0.25) is 0 Å². The number of carbonyl (C=O) groups excluding carboxylic acids is 2. The molecule has 3 atom stereocenters. The number of hydrogen-bond donors (Lipinski definition) is 0. The second kappa shape index (κ2) is 6.40. The summed E-state index contributed by atoms with van der Waals surface area (Å²) in [4.78, 5) is 30.7. The summed E-state index contributed by atoms with van der Waals surface area (Å²) < 4.78 is 43.9. The van der Waals surface area contributed by atoms with Crippen LogP contribution in [0, 0.1) is 0 Å². The fraction of sp³-hybridized carbons (Fsp3) is 0.389. The van der Waals surface area contributed by atoms with E-state index in [1.165, 1.54) is 4.90 Å². The van der Waals surface area contributed by atoms with Crippen molar-refractivity contribution in [1.29, 1.82) is 0 Å². The molecular formula is C18H16F3N3O3. The number of alkyl halides is 3. The van der Waals surface area contributed by atoms with E-state index in [9.17, 15) is 22.8 Å². The van der Waals surface area contributed by atoms with Gasteiger partial charge in [0.2, 0.25) is 0 Å². The van der Waals surface area contributed by atoms with Gasteiger partial charge in [0.15, 0.2) is 0 Å². The molecule has 2 aliphatic heterocycles. The highest BCUT2D eigenvalue weighted by Gasteiger charge is 2.61. The number of aliphatic imine (C=N–C) groups is 1. The molecule has 0 bridgehead atoms. The number of fused-ring (bicyclic) bond motifs is 1. The minimum absolute atomic E-state index is 0.0229. The number of carbonyl (C=O) groups is 2. The highest BCUT2D eigenvalue weighted by atomic mass is 19.4. The third-order valence-corrected chi connectivity index (χ3v) is 4.82. The summed E-state index contributed by atoms with van der Waals surface area (Å²) in [5.74, 6) is 0. The SMILES string of the molecule is O=C(OCc1ccccc1)N1C(=O)N(C2C=C(C(F)(F)F)N=CC2)C2CC21. The minimum Gasteiger partial charge on any atom is -0.444 e. The molecule has 27 heavy (non-hydrogen) atoms. The zero-order chi connectivity index (χ0) is 19.2. The number of rotatable bonds is 3. The van der Waals surface area contributed by atoms with Crippen molar-refractivity contribution in [1.82, 2.24) is 9.80 Å². The minimum atomic E-state index is -4.57. The van der Waals surface area contributed by atoms with Crippen molar-refractivity contribution in [2.75, 3.05) is 0 Å². The molecule has 0 radical (unpaired) electrons. The highest BCUT2D eigenvalue weighted by Crippen LogP contribution is 2.44. The molecule has 3 aliphatic rings. The predicted octanol–water partition coefficient (Wildman–Crippen LogP) is 3.49. The van der Waals surface area contributed by atoms with Gasteiger partial charge in [0.05, 0.1) is 18.1 Å². The molecule has 0 spiro atoms. The molecule has 0 N–H and O–H groups in total. The number of allylic oxidation sites excluding steroid dienone is 1. The van der Waals surface area contributed by atoms with Crippen molar-refractivity contribution in [3.05, 3.63) is 47.7 Å².